The molecule has 142 valence electrons. The molecule has 1 aliphatic rings. The Kier molecular flexibility index (Phi) is 4.23. The molecular weight excluding hydrogens is 372 g/mol. The maximum atomic E-state index is 13.2. The largest absolute Gasteiger partial charge is 0.280 e. The smallest absolute Gasteiger partial charge is 0.263 e. The average molecular weight is 392 g/mol. The van der Waals surface area contributed by atoms with Gasteiger partial charge in [0, 0.05) is 21.9 Å². The number of amides is 1. The number of benzene rings is 3. The molecule has 0 fully saturated rings. The lowest BCUT2D eigenvalue weighted by Crippen LogP contribution is -2.21. The van der Waals surface area contributed by atoms with Crippen molar-refractivity contribution < 1.29 is 13.2 Å². The molecule has 5 nitrogen and oxygen atoms in total. The molecule has 0 bridgehead atoms. The molecule has 0 spiro atoms. The van der Waals surface area contributed by atoms with E-state index in [0.29, 0.717) is 22.6 Å². The minimum Gasteiger partial charge on any atom is -0.280 e. The second-order valence-corrected chi connectivity index (χ2v) is 8.69. The summed E-state index contributed by atoms with van der Waals surface area (Å²) in [5.74, 6) is 0.223. The molecule has 1 N–H and O–H groups in total. The molecule has 0 unspecified atom stereocenters. The van der Waals surface area contributed by atoms with Gasteiger partial charge in [-0.2, -0.15) is 0 Å². The van der Waals surface area contributed by atoms with E-state index >= 15 is 0 Å². The van der Waals surface area contributed by atoms with Gasteiger partial charge in [-0.05, 0) is 41.8 Å². The van der Waals surface area contributed by atoms with Crippen molar-refractivity contribution in [1.82, 2.24) is 0 Å². The van der Waals surface area contributed by atoms with Crippen LogP contribution < -0.4 is 9.62 Å². The molecular formula is C22H20N2O3S. The summed E-state index contributed by atoms with van der Waals surface area (Å²) in [6, 6.07) is 16.7. The Hall–Kier alpha value is -3.12. The lowest BCUT2D eigenvalue weighted by atomic mass is 10.0. The number of hydrogen-bond donors (Lipinski definition) is 1. The Morgan fingerprint density at radius 2 is 1.82 bits per heavy atom. The van der Waals surface area contributed by atoms with Crippen molar-refractivity contribution >= 4 is 43.8 Å². The summed E-state index contributed by atoms with van der Waals surface area (Å²) < 4.78 is 26.4. The molecule has 1 heterocycles. The lowest BCUT2D eigenvalue weighted by Gasteiger charge is -2.20. The second-order valence-electron chi connectivity index (χ2n) is 7.06. The molecule has 0 aromatic heterocycles. The van der Waals surface area contributed by atoms with Crippen LogP contribution in [0.2, 0.25) is 0 Å². The van der Waals surface area contributed by atoms with Gasteiger partial charge in [0.2, 0.25) is 0 Å². The predicted octanol–water partition coefficient (Wildman–Crippen LogP) is 5.14. The number of nitrogens with one attached hydrogen (secondary N) is 1. The number of anilines is 3. The minimum atomic E-state index is -3.65. The second kappa shape index (κ2) is 6.49. The van der Waals surface area contributed by atoms with Gasteiger partial charge in [0.1, 0.15) is 0 Å². The quantitative estimate of drug-likeness (QED) is 0.654. The first-order valence-electron chi connectivity index (χ1n) is 8.98. The fraction of sp³-hybridized carbons (Fsp3) is 0.136. The topological polar surface area (TPSA) is 66.5 Å². The van der Waals surface area contributed by atoms with Crippen LogP contribution in [0, 0.1) is 0 Å². The Labute approximate surface area is 164 Å². The van der Waals surface area contributed by atoms with Crippen molar-refractivity contribution in [2.75, 3.05) is 9.62 Å². The van der Waals surface area contributed by atoms with Crippen LogP contribution in [0.25, 0.3) is 10.8 Å². The Morgan fingerprint density at radius 1 is 1.07 bits per heavy atom. The highest BCUT2D eigenvalue weighted by Crippen LogP contribution is 2.44. The molecule has 0 saturated carbocycles. The van der Waals surface area contributed by atoms with E-state index < -0.39 is 10.0 Å². The maximum absolute atomic E-state index is 13.2. The predicted molar refractivity (Wildman–Crippen MR) is 114 cm³/mol. The van der Waals surface area contributed by atoms with Crippen LogP contribution in [0.15, 0.2) is 66.6 Å². The summed E-state index contributed by atoms with van der Waals surface area (Å²) in [6.07, 6.45) is 0. The molecule has 0 aliphatic carbocycles. The van der Waals surface area contributed by atoms with Crippen molar-refractivity contribution in [2.45, 2.75) is 19.8 Å². The van der Waals surface area contributed by atoms with E-state index in [1.165, 1.54) is 0 Å². The van der Waals surface area contributed by atoms with Gasteiger partial charge < -0.3 is 0 Å². The van der Waals surface area contributed by atoms with Gasteiger partial charge in [-0.1, -0.05) is 44.7 Å². The van der Waals surface area contributed by atoms with E-state index in [2.05, 4.69) is 25.1 Å². The first-order valence-corrected chi connectivity index (χ1v) is 10.5. The van der Waals surface area contributed by atoms with Crippen molar-refractivity contribution in [3.63, 3.8) is 0 Å². The molecule has 4 rings (SSSR count). The third-order valence-corrected chi connectivity index (χ3v) is 5.90. The summed E-state index contributed by atoms with van der Waals surface area (Å²) in [7, 11) is -3.65. The molecule has 28 heavy (non-hydrogen) atoms. The zero-order valence-corrected chi connectivity index (χ0v) is 16.5. The SMILES string of the molecule is C=CS(=O)(=O)Nc1ccc2c3c(cccc13)C(=O)N2c1cccc(C(C)C)c1. The standard InChI is InChI=1S/C22H20N2O3S/c1-4-28(26,27)23-19-11-12-20-21-17(19)9-6-10-18(21)22(25)24(20)16-8-5-7-15(13-16)14(2)3/h4-14,23H,1H2,2-3H3. The number of carbonyl (C=O) groups is 1. The third-order valence-electron chi connectivity index (χ3n) is 4.96. The van der Waals surface area contributed by atoms with Crippen molar-refractivity contribution in [3.05, 3.63) is 77.7 Å². The van der Waals surface area contributed by atoms with Gasteiger partial charge in [-0.15, -0.1) is 0 Å². The number of nitrogens with zero attached hydrogens (tertiary/aromatic N) is 1. The summed E-state index contributed by atoms with van der Waals surface area (Å²) >= 11 is 0. The van der Waals surface area contributed by atoms with Crippen LogP contribution in [-0.4, -0.2) is 14.3 Å². The molecule has 3 aromatic carbocycles. The summed E-state index contributed by atoms with van der Waals surface area (Å²) in [4.78, 5) is 14.9. The van der Waals surface area contributed by atoms with Gasteiger partial charge in [0.25, 0.3) is 15.9 Å². The first-order chi connectivity index (χ1) is 13.3. The van der Waals surface area contributed by atoms with E-state index in [-0.39, 0.29) is 5.91 Å². The third kappa shape index (κ3) is 2.86. The van der Waals surface area contributed by atoms with E-state index in [1.54, 1.807) is 29.2 Å². The van der Waals surface area contributed by atoms with Crippen LogP contribution >= 0.6 is 0 Å². The number of sulfonamides is 1. The fourth-order valence-corrected chi connectivity index (χ4v) is 4.11. The van der Waals surface area contributed by atoms with Crippen LogP contribution in [0.4, 0.5) is 17.1 Å². The van der Waals surface area contributed by atoms with E-state index in [0.717, 1.165) is 27.7 Å². The van der Waals surface area contributed by atoms with Gasteiger partial charge in [0.15, 0.2) is 0 Å². The lowest BCUT2D eigenvalue weighted by molar-refractivity contribution is 0.100. The summed E-state index contributed by atoms with van der Waals surface area (Å²) in [6.45, 7) is 7.55. The molecule has 1 aliphatic heterocycles. The van der Waals surface area contributed by atoms with Crippen molar-refractivity contribution in [3.8, 4) is 0 Å². The highest BCUT2D eigenvalue weighted by molar-refractivity contribution is 7.95. The molecule has 0 atom stereocenters. The zero-order chi connectivity index (χ0) is 20.1. The van der Waals surface area contributed by atoms with Gasteiger partial charge in [0.05, 0.1) is 16.9 Å². The molecule has 1 amide bonds. The van der Waals surface area contributed by atoms with Crippen LogP contribution in [0.3, 0.4) is 0 Å². The molecule has 6 heteroatoms. The average Bonchev–Trinajstić information content (AvgIpc) is 2.97. The van der Waals surface area contributed by atoms with Crippen LogP contribution in [-0.2, 0) is 10.0 Å². The first kappa shape index (κ1) is 18.3. The monoisotopic (exact) mass is 392 g/mol. The van der Waals surface area contributed by atoms with E-state index in [4.69, 9.17) is 0 Å². The normalized spacial score (nSPS) is 13.4. The number of hydrogen-bond acceptors (Lipinski definition) is 3. The molecule has 0 saturated heterocycles. The molecule has 0 radical (unpaired) electrons. The minimum absolute atomic E-state index is 0.120. The van der Waals surface area contributed by atoms with Crippen molar-refractivity contribution in [2.24, 2.45) is 0 Å². The van der Waals surface area contributed by atoms with Gasteiger partial charge in [-0.25, -0.2) is 8.42 Å². The summed E-state index contributed by atoms with van der Waals surface area (Å²) in [5, 5.41) is 2.29. The Bertz CT molecular complexity index is 1230. The number of rotatable bonds is 5. The van der Waals surface area contributed by atoms with E-state index in [1.807, 2.05) is 30.3 Å². The van der Waals surface area contributed by atoms with E-state index in [9.17, 15) is 13.2 Å². The fourth-order valence-electron chi connectivity index (χ4n) is 3.55. The summed E-state index contributed by atoms with van der Waals surface area (Å²) in [5.41, 5.74) is 3.67. The van der Waals surface area contributed by atoms with Crippen LogP contribution in [0.1, 0.15) is 35.7 Å². The van der Waals surface area contributed by atoms with Crippen LogP contribution in [0.5, 0.6) is 0 Å². The Morgan fingerprint density at radius 3 is 2.54 bits per heavy atom. The van der Waals surface area contributed by atoms with Crippen molar-refractivity contribution in [1.29, 1.82) is 0 Å². The highest BCUT2D eigenvalue weighted by Gasteiger charge is 2.32. The Balaban J connectivity index is 1.91. The van der Waals surface area contributed by atoms with Gasteiger partial charge >= 0.3 is 0 Å². The maximum Gasteiger partial charge on any atom is 0.263 e. The number of carbonyl (C=O) groups excluding carboxylic acids is 1. The molecule has 3 aromatic rings. The van der Waals surface area contributed by atoms with Gasteiger partial charge in [-0.3, -0.25) is 14.4 Å². The highest BCUT2D eigenvalue weighted by atomic mass is 32.2. The zero-order valence-electron chi connectivity index (χ0n) is 15.6.